The van der Waals surface area contributed by atoms with E-state index in [4.69, 9.17) is 5.26 Å². The van der Waals surface area contributed by atoms with Crippen molar-refractivity contribution in [1.82, 2.24) is 4.90 Å². The van der Waals surface area contributed by atoms with Gasteiger partial charge in [0.25, 0.3) is 0 Å². The fourth-order valence-corrected chi connectivity index (χ4v) is 1.93. The molecule has 18 heavy (non-hydrogen) atoms. The number of benzene rings is 1. The average molecular weight is 244 g/mol. The minimum Gasteiger partial charge on any atom is -0.340 e. The van der Waals surface area contributed by atoms with Gasteiger partial charge in [0.2, 0.25) is 5.91 Å². The fourth-order valence-electron chi connectivity index (χ4n) is 1.93. The topological polar surface area (TPSA) is 44.1 Å². The van der Waals surface area contributed by atoms with Crippen molar-refractivity contribution in [1.29, 1.82) is 5.26 Å². The standard InChI is InChI=1S/C15H20N2O/c1-4-12(3)17(5-2)15(18)10-13-6-8-14(11-16)9-7-13/h6-9,12H,4-5,10H2,1-3H3. The number of rotatable bonds is 5. The number of amides is 1. The third-order valence-electron chi connectivity index (χ3n) is 3.22. The first-order chi connectivity index (χ1) is 8.62. The molecule has 0 aliphatic carbocycles. The summed E-state index contributed by atoms with van der Waals surface area (Å²) in [5, 5.41) is 8.72. The summed E-state index contributed by atoms with van der Waals surface area (Å²) in [5.74, 6) is 0.150. The Morgan fingerprint density at radius 2 is 1.94 bits per heavy atom. The molecule has 1 aromatic rings. The third-order valence-corrected chi connectivity index (χ3v) is 3.22. The lowest BCUT2D eigenvalue weighted by Crippen LogP contribution is -2.39. The van der Waals surface area contributed by atoms with E-state index in [1.165, 1.54) is 0 Å². The van der Waals surface area contributed by atoms with Crippen LogP contribution in [-0.2, 0) is 11.2 Å². The highest BCUT2D eigenvalue weighted by molar-refractivity contribution is 5.79. The lowest BCUT2D eigenvalue weighted by atomic mass is 10.1. The molecule has 0 spiro atoms. The molecule has 1 rings (SSSR count). The molecule has 96 valence electrons. The molecule has 0 aliphatic rings. The average Bonchev–Trinajstić information content (AvgIpc) is 2.40. The van der Waals surface area contributed by atoms with Gasteiger partial charge < -0.3 is 4.90 Å². The third kappa shape index (κ3) is 3.59. The number of nitriles is 1. The minimum atomic E-state index is 0.150. The van der Waals surface area contributed by atoms with E-state index < -0.39 is 0 Å². The van der Waals surface area contributed by atoms with Crippen LogP contribution in [0.4, 0.5) is 0 Å². The van der Waals surface area contributed by atoms with Crippen molar-refractivity contribution in [3.63, 3.8) is 0 Å². The molecular formula is C15H20N2O. The largest absolute Gasteiger partial charge is 0.340 e. The highest BCUT2D eigenvalue weighted by Gasteiger charge is 2.16. The summed E-state index contributed by atoms with van der Waals surface area (Å²) in [6.45, 7) is 6.90. The first kappa shape index (κ1) is 14.2. The molecule has 0 saturated carbocycles. The van der Waals surface area contributed by atoms with Gasteiger partial charge in [-0.3, -0.25) is 4.79 Å². The zero-order valence-corrected chi connectivity index (χ0v) is 11.3. The Bertz CT molecular complexity index is 431. The lowest BCUT2D eigenvalue weighted by Gasteiger charge is -2.27. The minimum absolute atomic E-state index is 0.150. The number of carbonyl (C=O) groups is 1. The van der Waals surface area contributed by atoms with Gasteiger partial charge in [0.1, 0.15) is 0 Å². The summed E-state index contributed by atoms with van der Waals surface area (Å²) in [4.78, 5) is 14.1. The first-order valence-electron chi connectivity index (χ1n) is 6.40. The highest BCUT2D eigenvalue weighted by atomic mass is 16.2. The molecule has 3 heteroatoms. The van der Waals surface area contributed by atoms with Gasteiger partial charge >= 0.3 is 0 Å². The van der Waals surface area contributed by atoms with Gasteiger partial charge in [-0.1, -0.05) is 19.1 Å². The molecule has 0 saturated heterocycles. The molecule has 0 aromatic heterocycles. The molecule has 1 atom stereocenters. The number of carbonyl (C=O) groups excluding carboxylic acids is 1. The van der Waals surface area contributed by atoms with Crippen LogP contribution in [-0.4, -0.2) is 23.4 Å². The molecule has 0 radical (unpaired) electrons. The molecule has 0 fully saturated rings. The summed E-state index contributed by atoms with van der Waals surface area (Å²) in [6, 6.07) is 9.55. The van der Waals surface area contributed by atoms with Crippen LogP contribution in [0.15, 0.2) is 24.3 Å². The summed E-state index contributed by atoms with van der Waals surface area (Å²) >= 11 is 0. The molecule has 0 aliphatic heterocycles. The van der Waals surface area contributed by atoms with Gasteiger partial charge in [0.15, 0.2) is 0 Å². The van der Waals surface area contributed by atoms with Crippen LogP contribution in [0.25, 0.3) is 0 Å². The van der Waals surface area contributed by atoms with Crippen LogP contribution >= 0.6 is 0 Å². The van der Waals surface area contributed by atoms with Crippen molar-refractivity contribution in [2.45, 2.75) is 39.7 Å². The number of hydrogen-bond acceptors (Lipinski definition) is 2. The number of likely N-dealkylation sites (N-methyl/N-ethyl adjacent to an activating group) is 1. The SMILES string of the molecule is CCC(C)N(CC)C(=O)Cc1ccc(C#N)cc1. The van der Waals surface area contributed by atoms with Crippen molar-refractivity contribution >= 4 is 5.91 Å². The molecular weight excluding hydrogens is 224 g/mol. The fraction of sp³-hybridized carbons (Fsp3) is 0.467. The van der Waals surface area contributed by atoms with E-state index in [9.17, 15) is 4.79 Å². The van der Waals surface area contributed by atoms with Crippen molar-refractivity contribution in [2.24, 2.45) is 0 Å². The van der Waals surface area contributed by atoms with Crippen molar-refractivity contribution in [2.75, 3.05) is 6.54 Å². The van der Waals surface area contributed by atoms with Crippen LogP contribution in [0.1, 0.15) is 38.3 Å². The summed E-state index contributed by atoms with van der Waals surface area (Å²) in [7, 11) is 0. The van der Waals surface area contributed by atoms with E-state index in [0.717, 1.165) is 18.5 Å². The second kappa shape index (κ2) is 6.80. The molecule has 1 unspecified atom stereocenters. The molecule has 1 amide bonds. The molecule has 0 heterocycles. The zero-order valence-electron chi connectivity index (χ0n) is 11.3. The van der Waals surface area contributed by atoms with Gasteiger partial charge in [-0.15, -0.1) is 0 Å². The number of nitrogens with zero attached hydrogens (tertiary/aromatic N) is 2. The molecule has 0 bridgehead atoms. The molecule has 1 aromatic carbocycles. The van der Waals surface area contributed by atoms with Crippen LogP contribution in [0.5, 0.6) is 0 Å². The summed E-state index contributed by atoms with van der Waals surface area (Å²) < 4.78 is 0. The van der Waals surface area contributed by atoms with E-state index in [0.29, 0.717) is 12.0 Å². The Balaban J connectivity index is 2.71. The van der Waals surface area contributed by atoms with Gasteiger partial charge in [0, 0.05) is 12.6 Å². The van der Waals surface area contributed by atoms with Gasteiger partial charge in [0.05, 0.1) is 18.1 Å². The van der Waals surface area contributed by atoms with E-state index in [2.05, 4.69) is 19.9 Å². The van der Waals surface area contributed by atoms with Gasteiger partial charge in [-0.2, -0.15) is 5.26 Å². The van der Waals surface area contributed by atoms with E-state index >= 15 is 0 Å². The van der Waals surface area contributed by atoms with E-state index in [-0.39, 0.29) is 11.9 Å². The second-order valence-corrected chi connectivity index (χ2v) is 4.42. The lowest BCUT2D eigenvalue weighted by molar-refractivity contribution is -0.132. The molecule has 3 nitrogen and oxygen atoms in total. The second-order valence-electron chi connectivity index (χ2n) is 4.42. The quantitative estimate of drug-likeness (QED) is 0.799. The van der Waals surface area contributed by atoms with Crippen LogP contribution in [0.2, 0.25) is 0 Å². The Hall–Kier alpha value is -1.82. The summed E-state index contributed by atoms with van der Waals surface area (Å²) in [6.07, 6.45) is 1.37. The molecule has 0 N–H and O–H groups in total. The van der Waals surface area contributed by atoms with Crippen LogP contribution < -0.4 is 0 Å². The summed E-state index contributed by atoms with van der Waals surface area (Å²) in [5.41, 5.74) is 1.58. The van der Waals surface area contributed by atoms with Crippen molar-refractivity contribution in [3.8, 4) is 6.07 Å². The maximum absolute atomic E-state index is 12.2. The highest BCUT2D eigenvalue weighted by Crippen LogP contribution is 2.09. The smallest absolute Gasteiger partial charge is 0.227 e. The Morgan fingerprint density at radius 1 is 1.33 bits per heavy atom. The maximum atomic E-state index is 12.2. The number of hydrogen-bond donors (Lipinski definition) is 0. The Morgan fingerprint density at radius 3 is 2.39 bits per heavy atom. The first-order valence-corrected chi connectivity index (χ1v) is 6.40. The maximum Gasteiger partial charge on any atom is 0.227 e. The van der Waals surface area contributed by atoms with E-state index in [1.54, 1.807) is 12.1 Å². The normalized spacial score (nSPS) is 11.7. The van der Waals surface area contributed by atoms with E-state index in [1.807, 2.05) is 24.0 Å². The predicted molar refractivity (Wildman–Crippen MR) is 72.0 cm³/mol. The van der Waals surface area contributed by atoms with Gasteiger partial charge in [-0.25, -0.2) is 0 Å². The van der Waals surface area contributed by atoms with Gasteiger partial charge in [-0.05, 0) is 38.0 Å². The Labute approximate surface area is 109 Å². The van der Waals surface area contributed by atoms with Crippen molar-refractivity contribution < 1.29 is 4.79 Å². The predicted octanol–water partition coefficient (Wildman–Crippen LogP) is 2.75. The monoisotopic (exact) mass is 244 g/mol. The zero-order chi connectivity index (χ0) is 13.5. The van der Waals surface area contributed by atoms with Crippen LogP contribution in [0.3, 0.4) is 0 Å². The van der Waals surface area contributed by atoms with Crippen molar-refractivity contribution in [3.05, 3.63) is 35.4 Å². The van der Waals surface area contributed by atoms with Crippen LogP contribution in [0, 0.1) is 11.3 Å². The Kier molecular flexibility index (Phi) is 5.38.